The van der Waals surface area contributed by atoms with Crippen molar-refractivity contribution in [3.05, 3.63) is 17.7 Å². The predicted octanol–water partition coefficient (Wildman–Crippen LogP) is 2.21. The topological polar surface area (TPSA) is 54.0 Å². The monoisotopic (exact) mass is 268 g/mol. The molecule has 1 aromatic carbocycles. The summed E-state index contributed by atoms with van der Waals surface area (Å²) >= 11 is 0. The second-order valence-corrected chi connectivity index (χ2v) is 4.23. The molecule has 5 heteroatoms. The highest BCUT2D eigenvalue weighted by molar-refractivity contribution is 5.75. The first-order valence-corrected chi connectivity index (χ1v) is 6.00. The summed E-state index contributed by atoms with van der Waals surface area (Å²) in [5.74, 6) is 1.36. The van der Waals surface area contributed by atoms with Crippen molar-refractivity contribution in [1.82, 2.24) is 0 Å². The van der Waals surface area contributed by atoms with Gasteiger partial charge in [-0.2, -0.15) is 0 Å². The molecule has 0 spiro atoms. The summed E-state index contributed by atoms with van der Waals surface area (Å²) in [6, 6.07) is 3.42. The molecule has 0 saturated heterocycles. The molecule has 0 atom stereocenters. The maximum atomic E-state index is 11.7. The van der Waals surface area contributed by atoms with Crippen molar-refractivity contribution in [1.29, 1.82) is 0 Å². The summed E-state index contributed by atoms with van der Waals surface area (Å²) in [6.45, 7) is 3.61. The van der Waals surface area contributed by atoms with Crippen molar-refractivity contribution in [2.45, 2.75) is 26.4 Å². The van der Waals surface area contributed by atoms with Crippen molar-refractivity contribution in [2.75, 3.05) is 21.3 Å². The van der Waals surface area contributed by atoms with Crippen molar-refractivity contribution in [2.24, 2.45) is 0 Å². The normalized spacial score (nSPS) is 10.2. The van der Waals surface area contributed by atoms with Crippen molar-refractivity contribution in [3.8, 4) is 17.2 Å². The molecule has 0 saturated carbocycles. The molecule has 0 aromatic heterocycles. The summed E-state index contributed by atoms with van der Waals surface area (Å²) in [5.41, 5.74) is 0.649. The number of carbonyl (C=O) groups is 1. The van der Waals surface area contributed by atoms with Crippen LogP contribution in [-0.2, 0) is 16.0 Å². The average Bonchev–Trinajstić information content (AvgIpc) is 2.37. The van der Waals surface area contributed by atoms with E-state index in [1.807, 2.05) is 0 Å². The summed E-state index contributed by atoms with van der Waals surface area (Å²) in [4.78, 5) is 11.7. The van der Waals surface area contributed by atoms with E-state index in [9.17, 15) is 4.79 Å². The van der Waals surface area contributed by atoms with Gasteiger partial charge < -0.3 is 18.9 Å². The molecule has 106 valence electrons. The Morgan fingerprint density at radius 2 is 1.58 bits per heavy atom. The molecule has 0 heterocycles. The molecule has 0 amide bonds. The first kappa shape index (κ1) is 15.1. The quantitative estimate of drug-likeness (QED) is 0.740. The van der Waals surface area contributed by atoms with Gasteiger partial charge in [0.2, 0.25) is 0 Å². The number of carbonyl (C=O) groups excluding carboxylic acids is 1. The fourth-order valence-corrected chi connectivity index (χ4v) is 1.70. The highest BCUT2D eigenvalue weighted by Gasteiger charge is 2.18. The summed E-state index contributed by atoms with van der Waals surface area (Å²) in [5, 5.41) is 0. The van der Waals surface area contributed by atoms with E-state index in [0.717, 1.165) is 0 Å². The van der Waals surface area contributed by atoms with Crippen molar-refractivity contribution < 1.29 is 23.7 Å². The van der Waals surface area contributed by atoms with E-state index in [2.05, 4.69) is 0 Å². The molecule has 0 aliphatic carbocycles. The largest absolute Gasteiger partial charge is 0.496 e. The van der Waals surface area contributed by atoms with Crippen LogP contribution < -0.4 is 14.2 Å². The third-order valence-corrected chi connectivity index (χ3v) is 2.51. The lowest BCUT2D eigenvalue weighted by molar-refractivity contribution is -0.146. The van der Waals surface area contributed by atoms with Gasteiger partial charge in [-0.05, 0) is 13.8 Å². The molecule has 0 radical (unpaired) electrons. The molecule has 0 aliphatic rings. The Morgan fingerprint density at radius 3 is 1.95 bits per heavy atom. The van der Waals surface area contributed by atoms with E-state index >= 15 is 0 Å². The molecule has 0 bridgehead atoms. The fraction of sp³-hybridized carbons (Fsp3) is 0.500. The number of rotatable bonds is 6. The van der Waals surface area contributed by atoms with Crippen LogP contribution >= 0.6 is 0 Å². The van der Waals surface area contributed by atoms with E-state index in [-0.39, 0.29) is 18.5 Å². The molecular formula is C14H20O5. The smallest absolute Gasteiger partial charge is 0.310 e. The van der Waals surface area contributed by atoms with Crippen molar-refractivity contribution in [3.63, 3.8) is 0 Å². The Morgan fingerprint density at radius 1 is 1.05 bits per heavy atom. The van der Waals surface area contributed by atoms with Gasteiger partial charge in [0, 0.05) is 17.7 Å². The number of hydrogen-bond donors (Lipinski definition) is 0. The predicted molar refractivity (Wildman–Crippen MR) is 71.0 cm³/mol. The Balaban J connectivity index is 3.06. The van der Waals surface area contributed by atoms with Gasteiger partial charge in [0.15, 0.2) is 0 Å². The number of ether oxygens (including phenoxy) is 4. The van der Waals surface area contributed by atoms with Crippen LogP contribution in [-0.4, -0.2) is 33.4 Å². The molecule has 19 heavy (non-hydrogen) atoms. The molecule has 0 N–H and O–H groups in total. The first-order chi connectivity index (χ1) is 9.01. The minimum Gasteiger partial charge on any atom is -0.496 e. The van der Waals surface area contributed by atoms with Crippen LogP contribution in [0.15, 0.2) is 12.1 Å². The Kier molecular flexibility index (Phi) is 5.48. The van der Waals surface area contributed by atoms with Gasteiger partial charge in [-0.25, -0.2) is 0 Å². The lowest BCUT2D eigenvalue weighted by Crippen LogP contribution is -2.14. The van der Waals surface area contributed by atoms with Gasteiger partial charge in [0.05, 0.1) is 33.9 Å². The van der Waals surface area contributed by atoms with Crippen molar-refractivity contribution >= 4 is 5.97 Å². The number of esters is 1. The highest BCUT2D eigenvalue weighted by Crippen LogP contribution is 2.34. The standard InChI is InChI=1S/C14H20O5/c1-9(2)19-14(15)8-11-12(17-4)6-10(16-3)7-13(11)18-5/h6-7,9H,8H2,1-5H3. The third-order valence-electron chi connectivity index (χ3n) is 2.51. The van der Waals surface area contributed by atoms with Crippen LogP contribution in [0, 0.1) is 0 Å². The number of hydrogen-bond acceptors (Lipinski definition) is 5. The zero-order valence-corrected chi connectivity index (χ0v) is 12.0. The van der Waals surface area contributed by atoms with Crippen LogP contribution in [0.2, 0.25) is 0 Å². The van der Waals surface area contributed by atoms with Crippen LogP contribution in [0.4, 0.5) is 0 Å². The fourth-order valence-electron chi connectivity index (χ4n) is 1.70. The van der Waals surface area contributed by atoms with Gasteiger partial charge in [0.1, 0.15) is 17.2 Å². The Hall–Kier alpha value is -1.91. The lowest BCUT2D eigenvalue weighted by Gasteiger charge is -2.15. The average molecular weight is 268 g/mol. The third kappa shape index (κ3) is 4.05. The molecule has 0 aliphatic heterocycles. The number of benzene rings is 1. The minimum absolute atomic E-state index is 0.0918. The Bertz CT molecular complexity index is 414. The zero-order valence-electron chi connectivity index (χ0n) is 12.0. The molecule has 1 aromatic rings. The van der Waals surface area contributed by atoms with Gasteiger partial charge in [-0.3, -0.25) is 4.79 Å². The lowest BCUT2D eigenvalue weighted by atomic mass is 10.1. The Labute approximate surface area is 113 Å². The van der Waals surface area contributed by atoms with E-state index < -0.39 is 0 Å². The SMILES string of the molecule is COc1cc(OC)c(CC(=O)OC(C)C)c(OC)c1. The van der Waals surface area contributed by atoms with Gasteiger partial charge >= 0.3 is 5.97 Å². The zero-order chi connectivity index (χ0) is 14.4. The second kappa shape index (κ2) is 6.87. The maximum Gasteiger partial charge on any atom is 0.310 e. The maximum absolute atomic E-state index is 11.7. The van der Waals surface area contributed by atoms with Gasteiger partial charge in [0.25, 0.3) is 0 Å². The van der Waals surface area contributed by atoms with Crippen LogP contribution in [0.3, 0.4) is 0 Å². The highest BCUT2D eigenvalue weighted by atomic mass is 16.5. The van der Waals surface area contributed by atoms with E-state index in [0.29, 0.717) is 22.8 Å². The van der Waals surface area contributed by atoms with Crippen LogP contribution in [0.1, 0.15) is 19.4 Å². The first-order valence-electron chi connectivity index (χ1n) is 6.00. The van der Waals surface area contributed by atoms with Crippen LogP contribution in [0.25, 0.3) is 0 Å². The summed E-state index contributed by atoms with van der Waals surface area (Å²) < 4.78 is 20.8. The molecular weight excluding hydrogens is 248 g/mol. The molecule has 0 unspecified atom stereocenters. The minimum atomic E-state index is -0.322. The second-order valence-electron chi connectivity index (χ2n) is 4.23. The number of methoxy groups -OCH3 is 3. The molecule has 5 nitrogen and oxygen atoms in total. The molecule has 0 fully saturated rings. The van der Waals surface area contributed by atoms with E-state index in [1.54, 1.807) is 33.1 Å². The van der Waals surface area contributed by atoms with Gasteiger partial charge in [-0.15, -0.1) is 0 Å². The van der Waals surface area contributed by atoms with E-state index in [4.69, 9.17) is 18.9 Å². The summed E-state index contributed by atoms with van der Waals surface area (Å²) in [6.07, 6.45) is -0.0585. The van der Waals surface area contributed by atoms with E-state index in [1.165, 1.54) is 14.2 Å². The van der Waals surface area contributed by atoms with Gasteiger partial charge in [-0.1, -0.05) is 0 Å². The summed E-state index contributed by atoms with van der Waals surface area (Å²) in [7, 11) is 4.62. The van der Waals surface area contributed by atoms with Crippen LogP contribution in [0.5, 0.6) is 17.2 Å². The molecule has 1 rings (SSSR count).